The van der Waals surface area contributed by atoms with Crippen LogP contribution in [0.25, 0.3) is 0 Å². The van der Waals surface area contributed by atoms with Gasteiger partial charge in [0.25, 0.3) is 5.09 Å². The highest BCUT2D eigenvalue weighted by molar-refractivity contribution is 4.47. The van der Waals surface area contributed by atoms with Gasteiger partial charge in [-0.05, 0) is 26.2 Å². The molecule has 5 nitrogen and oxygen atoms in total. The average Bonchev–Trinajstić information content (AvgIpc) is 1.86. The summed E-state index contributed by atoms with van der Waals surface area (Å²) < 4.78 is 0. The van der Waals surface area contributed by atoms with Gasteiger partial charge in [0.05, 0.1) is 0 Å². The van der Waals surface area contributed by atoms with Crippen LogP contribution in [0, 0.1) is 10.1 Å². The van der Waals surface area contributed by atoms with E-state index in [2.05, 4.69) is 4.84 Å². The van der Waals surface area contributed by atoms with Crippen LogP contribution < -0.4 is 0 Å². The summed E-state index contributed by atoms with van der Waals surface area (Å²) >= 11 is 0. The molecule has 0 saturated carbocycles. The van der Waals surface area contributed by atoms with Gasteiger partial charge in [-0.15, -0.1) is 10.1 Å². The zero-order chi connectivity index (χ0) is 8.69. The van der Waals surface area contributed by atoms with Crippen LogP contribution in [0.4, 0.5) is 0 Å². The predicted octanol–water partition coefficient (Wildman–Crippen LogP) is 0.746. The van der Waals surface area contributed by atoms with Crippen LogP contribution in [0.3, 0.4) is 0 Å². The summed E-state index contributed by atoms with van der Waals surface area (Å²) in [5, 5.41) is 17.4. The lowest BCUT2D eigenvalue weighted by atomic mass is 10.2. The first kappa shape index (κ1) is 10.2. The number of aliphatic hydroxyl groups excluding tert-OH is 1. The maximum absolute atomic E-state index is 9.78. The van der Waals surface area contributed by atoms with Gasteiger partial charge in [0.1, 0.15) is 6.10 Å². The molecule has 0 bridgehead atoms. The Balaban J connectivity index is 3.22. The van der Waals surface area contributed by atoms with E-state index >= 15 is 0 Å². The van der Waals surface area contributed by atoms with Crippen molar-refractivity contribution < 1.29 is 15.0 Å². The molecule has 66 valence electrons. The number of unbranched alkanes of at least 4 members (excludes halogenated alkanes) is 1. The zero-order valence-electron chi connectivity index (χ0n) is 6.52. The lowest BCUT2D eigenvalue weighted by Crippen LogP contribution is -2.12. The van der Waals surface area contributed by atoms with E-state index in [1.54, 1.807) is 6.92 Å². The van der Waals surface area contributed by atoms with E-state index in [0.717, 1.165) is 6.42 Å². The van der Waals surface area contributed by atoms with Gasteiger partial charge < -0.3 is 9.94 Å². The van der Waals surface area contributed by atoms with Crippen molar-refractivity contribution in [1.82, 2.24) is 0 Å². The molecule has 0 saturated heterocycles. The van der Waals surface area contributed by atoms with E-state index in [9.17, 15) is 10.1 Å². The summed E-state index contributed by atoms with van der Waals surface area (Å²) in [6.07, 6.45) is 1.68. The maximum atomic E-state index is 9.78. The van der Waals surface area contributed by atoms with Crippen LogP contribution >= 0.6 is 0 Å². The second-order valence-corrected chi connectivity index (χ2v) is 2.36. The minimum atomic E-state index is -0.788. The molecule has 0 aliphatic rings. The van der Waals surface area contributed by atoms with Gasteiger partial charge in [-0.2, -0.15) is 0 Å². The van der Waals surface area contributed by atoms with Crippen LogP contribution in [0.1, 0.15) is 26.2 Å². The number of hydrogen-bond donors (Lipinski definition) is 1. The largest absolute Gasteiger partial charge is 0.396 e. The summed E-state index contributed by atoms with van der Waals surface area (Å²) in [6, 6.07) is 0. The third-order valence-electron chi connectivity index (χ3n) is 1.28. The van der Waals surface area contributed by atoms with Crippen molar-refractivity contribution >= 4 is 0 Å². The molecule has 0 aromatic carbocycles. The molecule has 1 unspecified atom stereocenters. The summed E-state index contributed by atoms with van der Waals surface area (Å²) in [4.78, 5) is 14.0. The van der Waals surface area contributed by atoms with Crippen molar-refractivity contribution in [3.8, 4) is 0 Å². The van der Waals surface area contributed by atoms with Gasteiger partial charge >= 0.3 is 0 Å². The molecular formula is C6H13NO4. The van der Waals surface area contributed by atoms with Crippen molar-refractivity contribution in [1.29, 1.82) is 0 Å². The fourth-order valence-electron chi connectivity index (χ4n) is 0.743. The molecule has 0 aromatic rings. The maximum Gasteiger partial charge on any atom is 0.294 e. The molecule has 1 atom stereocenters. The smallest absolute Gasteiger partial charge is 0.294 e. The molecule has 0 spiro atoms. The van der Waals surface area contributed by atoms with E-state index in [1.807, 2.05) is 0 Å². The van der Waals surface area contributed by atoms with E-state index in [1.165, 1.54) is 0 Å². The zero-order valence-corrected chi connectivity index (χ0v) is 6.52. The molecular weight excluding hydrogens is 150 g/mol. The fraction of sp³-hybridized carbons (Fsp3) is 1.00. The Morgan fingerprint density at radius 1 is 1.64 bits per heavy atom. The molecule has 0 aliphatic carbocycles. The van der Waals surface area contributed by atoms with Crippen LogP contribution in [-0.2, 0) is 4.84 Å². The number of hydrogen-bond acceptors (Lipinski definition) is 4. The first-order valence-electron chi connectivity index (χ1n) is 3.59. The second-order valence-electron chi connectivity index (χ2n) is 2.36. The third kappa shape index (κ3) is 7.05. The van der Waals surface area contributed by atoms with Crippen molar-refractivity contribution in [2.75, 3.05) is 6.61 Å². The molecule has 0 rings (SSSR count). The van der Waals surface area contributed by atoms with Crippen molar-refractivity contribution in [2.24, 2.45) is 0 Å². The highest BCUT2D eigenvalue weighted by Gasteiger charge is 2.05. The quantitative estimate of drug-likeness (QED) is 0.356. The van der Waals surface area contributed by atoms with E-state index in [4.69, 9.17) is 5.11 Å². The second kappa shape index (κ2) is 5.91. The van der Waals surface area contributed by atoms with Crippen LogP contribution in [0.15, 0.2) is 0 Å². The standard InChI is InChI=1S/C6H13NO4/c1-6(11-7(9)10)4-2-3-5-8/h6,8H,2-5H2,1H3. The Hall–Kier alpha value is -0.840. The van der Waals surface area contributed by atoms with Crippen LogP contribution in [0.2, 0.25) is 0 Å². The first-order chi connectivity index (χ1) is 5.16. The topological polar surface area (TPSA) is 72.6 Å². The molecule has 0 heterocycles. The Morgan fingerprint density at radius 2 is 2.27 bits per heavy atom. The van der Waals surface area contributed by atoms with Gasteiger partial charge in [0.2, 0.25) is 0 Å². The van der Waals surface area contributed by atoms with Gasteiger partial charge in [0.15, 0.2) is 0 Å². The normalized spacial score (nSPS) is 12.5. The van der Waals surface area contributed by atoms with E-state index < -0.39 is 5.09 Å². The van der Waals surface area contributed by atoms with Crippen molar-refractivity contribution in [2.45, 2.75) is 32.3 Å². The Kier molecular flexibility index (Phi) is 5.46. The molecule has 5 heteroatoms. The number of rotatable bonds is 6. The fourth-order valence-corrected chi connectivity index (χ4v) is 0.743. The Bertz CT molecular complexity index is 117. The Labute approximate surface area is 65.1 Å². The first-order valence-corrected chi connectivity index (χ1v) is 3.59. The summed E-state index contributed by atoms with van der Waals surface area (Å²) in [5.41, 5.74) is 0. The van der Waals surface area contributed by atoms with Crippen LogP contribution in [0.5, 0.6) is 0 Å². The lowest BCUT2D eigenvalue weighted by Gasteiger charge is -2.06. The van der Waals surface area contributed by atoms with Crippen LogP contribution in [-0.4, -0.2) is 22.9 Å². The van der Waals surface area contributed by atoms with Gasteiger partial charge in [0, 0.05) is 6.61 Å². The lowest BCUT2D eigenvalue weighted by molar-refractivity contribution is -0.767. The van der Waals surface area contributed by atoms with E-state index in [0.29, 0.717) is 12.8 Å². The van der Waals surface area contributed by atoms with E-state index in [-0.39, 0.29) is 12.7 Å². The summed E-state index contributed by atoms with van der Waals surface area (Å²) in [7, 11) is 0. The highest BCUT2D eigenvalue weighted by atomic mass is 17.0. The molecule has 1 N–H and O–H groups in total. The molecule has 0 amide bonds. The molecule has 11 heavy (non-hydrogen) atoms. The Morgan fingerprint density at radius 3 is 2.73 bits per heavy atom. The molecule has 0 aromatic heterocycles. The average molecular weight is 163 g/mol. The predicted molar refractivity (Wildman–Crippen MR) is 38.5 cm³/mol. The summed E-state index contributed by atoms with van der Waals surface area (Å²) in [6.45, 7) is 1.77. The number of nitrogens with zero attached hydrogens (tertiary/aromatic N) is 1. The highest BCUT2D eigenvalue weighted by Crippen LogP contribution is 2.03. The molecule has 0 radical (unpaired) electrons. The SMILES string of the molecule is CC(CCCCO)O[N+](=O)[O-]. The van der Waals surface area contributed by atoms with Gasteiger partial charge in [-0.3, -0.25) is 0 Å². The van der Waals surface area contributed by atoms with Gasteiger partial charge in [-0.1, -0.05) is 0 Å². The number of aliphatic hydroxyl groups is 1. The summed E-state index contributed by atoms with van der Waals surface area (Å²) in [5.74, 6) is 0. The minimum Gasteiger partial charge on any atom is -0.396 e. The van der Waals surface area contributed by atoms with Crippen molar-refractivity contribution in [3.05, 3.63) is 10.1 Å². The van der Waals surface area contributed by atoms with Gasteiger partial charge in [-0.25, -0.2) is 0 Å². The minimum absolute atomic E-state index is 0.130. The third-order valence-corrected chi connectivity index (χ3v) is 1.28. The molecule has 0 fully saturated rings. The molecule has 0 aliphatic heterocycles. The monoisotopic (exact) mass is 163 g/mol. The van der Waals surface area contributed by atoms with Crippen molar-refractivity contribution in [3.63, 3.8) is 0 Å².